The summed E-state index contributed by atoms with van der Waals surface area (Å²) in [6.45, 7) is 6.96. The maximum atomic E-state index is 6.11. The van der Waals surface area contributed by atoms with Crippen LogP contribution in [-0.4, -0.2) is 18.0 Å². The fraction of sp³-hybridized carbons (Fsp3) is 0.529. The molecule has 1 saturated carbocycles. The zero-order valence-electron chi connectivity index (χ0n) is 12.8. The highest BCUT2D eigenvalue weighted by Gasteiger charge is 2.37. The van der Waals surface area contributed by atoms with Crippen LogP contribution in [-0.2, 0) is 6.54 Å². The molecule has 0 bridgehead atoms. The molecule has 1 fully saturated rings. The Labute approximate surface area is 130 Å². The van der Waals surface area contributed by atoms with E-state index in [-0.39, 0.29) is 6.04 Å². The summed E-state index contributed by atoms with van der Waals surface area (Å²) in [7, 11) is 0. The molecule has 4 heteroatoms. The van der Waals surface area contributed by atoms with Crippen molar-refractivity contribution in [2.24, 2.45) is 11.7 Å². The highest BCUT2D eigenvalue weighted by atomic mass is 32.1. The first-order valence-electron chi connectivity index (χ1n) is 7.79. The third kappa shape index (κ3) is 3.23. The topological polar surface area (TPSA) is 42.4 Å². The number of thiophene rings is 1. The molecule has 1 aliphatic carbocycles. The van der Waals surface area contributed by atoms with Crippen LogP contribution in [0.2, 0.25) is 0 Å². The summed E-state index contributed by atoms with van der Waals surface area (Å²) in [6, 6.07) is 8.71. The van der Waals surface area contributed by atoms with Crippen molar-refractivity contribution in [1.29, 1.82) is 0 Å². The van der Waals surface area contributed by atoms with Gasteiger partial charge in [-0.15, -0.1) is 11.3 Å². The molecule has 0 saturated heterocycles. The summed E-state index contributed by atoms with van der Waals surface area (Å²) in [4.78, 5) is 3.77. The van der Waals surface area contributed by atoms with Crippen molar-refractivity contribution in [2.75, 3.05) is 13.1 Å². The van der Waals surface area contributed by atoms with Gasteiger partial charge < -0.3 is 10.2 Å². The number of nitrogens with zero attached hydrogens (tertiary/aromatic N) is 1. The molecule has 3 nitrogen and oxygen atoms in total. The zero-order chi connectivity index (χ0) is 14.8. The Bertz CT molecular complexity index is 563. The van der Waals surface area contributed by atoms with E-state index in [4.69, 9.17) is 10.2 Å². The Kier molecular flexibility index (Phi) is 4.48. The Balaban J connectivity index is 1.74. The highest BCUT2D eigenvalue weighted by molar-refractivity contribution is 7.09. The molecule has 3 rings (SSSR count). The minimum atomic E-state index is 0.167. The Morgan fingerprint density at radius 1 is 1.43 bits per heavy atom. The minimum Gasteiger partial charge on any atom is -0.464 e. The third-order valence-corrected chi connectivity index (χ3v) is 5.32. The Morgan fingerprint density at radius 3 is 2.81 bits per heavy atom. The van der Waals surface area contributed by atoms with Gasteiger partial charge in [0.05, 0.1) is 6.04 Å². The van der Waals surface area contributed by atoms with Crippen LogP contribution < -0.4 is 5.73 Å². The van der Waals surface area contributed by atoms with Gasteiger partial charge in [-0.3, -0.25) is 4.90 Å². The Morgan fingerprint density at radius 2 is 2.24 bits per heavy atom. The van der Waals surface area contributed by atoms with Gasteiger partial charge in [-0.1, -0.05) is 19.9 Å². The van der Waals surface area contributed by atoms with E-state index in [0.717, 1.165) is 30.5 Å². The summed E-state index contributed by atoms with van der Waals surface area (Å²) < 4.78 is 6.11. The maximum Gasteiger partial charge on any atom is 0.122 e. The number of rotatable bonds is 7. The molecule has 3 atom stereocenters. The lowest BCUT2D eigenvalue weighted by molar-refractivity contribution is 0.179. The van der Waals surface area contributed by atoms with E-state index < -0.39 is 0 Å². The van der Waals surface area contributed by atoms with Gasteiger partial charge in [0.15, 0.2) is 0 Å². The van der Waals surface area contributed by atoms with Crippen molar-refractivity contribution in [3.05, 3.63) is 46.0 Å². The standard InChI is InChI=1S/C17H24N2OS/c1-3-19(11-13-5-4-8-21-13)15(10-18)17-7-6-16(20-17)14-9-12(14)2/h4-8,12,14-15H,3,9-11,18H2,1-2H3. The molecule has 114 valence electrons. The monoisotopic (exact) mass is 304 g/mol. The molecule has 0 amide bonds. The predicted octanol–water partition coefficient (Wildman–Crippen LogP) is 3.99. The van der Waals surface area contributed by atoms with Crippen LogP contribution >= 0.6 is 11.3 Å². The van der Waals surface area contributed by atoms with Crippen molar-refractivity contribution in [2.45, 2.75) is 38.8 Å². The molecule has 3 unspecified atom stereocenters. The van der Waals surface area contributed by atoms with Gasteiger partial charge in [0.1, 0.15) is 11.5 Å². The van der Waals surface area contributed by atoms with Crippen molar-refractivity contribution in [3.8, 4) is 0 Å². The maximum absolute atomic E-state index is 6.11. The van der Waals surface area contributed by atoms with Crippen LogP contribution in [0.15, 0.2) is 34.1 Å². The molecule has 0 aromatic carbocycles. The van der Waals surface area contributed by atoms with E-state index in [1.165, 1.54) is 11.3 Å². The lowest BCUT2D eigenvalue weighted by Gasteiger charge is -2.27. The quantitative estimate of drug-likeness (QED) is 0.841. The van der Waals surface area contributed by atoms with Gasteiger partial charge in [-0.25, -0.2) is 0 Å². The zero-order valence-corrected chi connectivity index (χ0v) is 13.6. The number of hydrogen-bond donors (Lipinski definition) is 1. The predicted molar refractivity (Wildman–Crippen MR) is 87.4 cm³/mol. The van der Waals surface area contributed by atoms with Gasteiger partial charge in [-0.05, 0) is 42.5 Å². The fourth-order valence-corrected chi connectivity index (χ4v) is 3.69. The van der Waals surface area contributed by atoms with Crippen LogP contribution in [0.1, 0.15) is 48.6 Å². The van der Waals surface area contributed by atoms with Gasteiger partial charge >= 0.3 is 0 Å². The Hall–Kier alpha value is -1.10. The number of hydrogen-bond acceptors (Lipinski definition) is 4. The first kappa shape index (κ1) is 14.8. The summed E-state index contributed by atoms with van der Waals surface area (Å²) in [6.07, 6.45) is 1.26. The first-order valence-corrected chi connectivity index (χ1v) is 8.67. The van der Waals surface area contributed by atoms with E-state index >= 15 is 0 Å². The largest absolute Gasteiger partial charge is 0.464 e. The number of furan rings is 1. The van der Waals surface area contributed by atoms with Gasteiger partial charge in [0.25, 0.3) is 0 Å². The van der Waals surface area contributed by atoms with Crippen LogP contribution in [0.5, 0.6) is 0 Å². The van der Waals surface area contributed by atoms with Gasteiger partial charge in [0.2, 0.25) is 0 Å². The van der Waals surface area contributed by atoms with Gasteiger partial charge in [0, 0.05) is 23.9 Å². The van der Waals surface area contributed by atoms with Crippen LogP contribution in [0.3, 0.4) is 0 Å². The lowest BCUT2D eigenvalue weighted by atomic mass is 10.2. The molecular weight excluding hydrogens is 280 g/mol. The SMILES string of the molecule is CCN(Cc1cccs1)C(CN)c1ccc(C2CC2C)o1. The number of likely N-dealkylation sites (N-methyl/N-ethyl adjacent to an activating group) is 1. The lowest BCUT2D eigenvalue weighted by Crippen LogP contribution is -2.32. The smallest absolute Gasteiger partial charge is 0.122 e. The fourth-order valence-electron chi connectivity index (χ4n) is 2.96. The van der Waals surface area contributed by atoms with Crippen molar-refractivity contribution in [1.82, 2.24) is 4.90 Å². The van der Waals surface area contributed by atoms with E-state index in [1.807, 2.05) is 0 Å². The highest BCUT2D eigenvalue weighted by Crippen LogP contribution is 2.47. The van der Waals surface area contributed by atoms with Crippen LogP contribution in [0, 0.1) is 5.92 Å². The van der Waals surface area contributed by atoms with E-state index in [0.29, 0.717) is 12.5 Å². The molecular formula is C17H24N2OS. The molecule has 0 spiro atoms. The minimum absolute atomic E-state index is 0.167. The molecule has 2 N–H and O–H groups in total. The van der Waals surface area contributed by atoms with Crippen molar-refractivity contribution in [3.63, 3.8) is 0 Å². The van der Waals surface area contributed by atoms with Crippen LogP contribution in [0.4, 0.5) is 0 Å². The van der Waals surface area contributed by atoms with Crippen molar-refractivity contribution < 1.29 is 4.42 Å². The summed E-state index contributed by atoms with van der Waals surface area (Å²) >= 11 is 1.80. The summed E-state index contributed by atoms with van der Waals surface area (Å²) in [5.74, 6) is 3.56. The van der Waals surface area contributed by atoms with Gasteiger partial charge in [-0.2, -0.15) is 0 Å². The van der Waals surface area contributed by atoms with E-state index in [9.17, 15) is 0 Å². The normalized spacial score (nSPS) is 22.7. The van der Waals surface area contributed by atoms with Crippen LogP contribution in [0.25, 0.3) is 0 Å². The molecule has 21 heavy (non-hydrogen) atoms. The van der Waals surface area contributed by atoms with E-state index in [2.05, 4.69) is 48.4 Å². The molecule has 0 radical (unpaired) electrons. The molecule has 2 aromatic heterocycles. The molecule has 1 aliphatic rings. The molecule has 2 heterocycles. The second-order valence-corrected chi connectivity index (χ2v) is 6.99. The summed E-state index contributed by atoms with van der Waals surface area (Å²) in [5, 5.41) is 2.13. The number of nitrogens with two attached hydrogens (primary N) is 1. The molecule has 0 aliphatic heterocycles. The van der Waals surface area contributed by atoms with Crippen molar-refractivity contribution >= 4 is 11.3 Å². The average Bonchev–Trinajstić information content (AvgIpc) is 2.91. The van der Waals surface area contributed by atoms with E-state index in [1.54, 1.807) is 11.3 Å². The third-order valence-electron chi connectivity index (χ3n) is 4.46. The average molecular weight is 304 g/mol. The second kappa shape index (κ2) is 6.34. The summed E-state index contributed by atoms with van der Waals surface area (Å²) in [5.41, 5.74) is 6.04. The second-order valence-electron chi connectivity index (χ2n) is 5.95. The molecule has 2 aromatic rings. The first-order chi connectivity index (χ1) is 10.2.